The molecule has 0 aromatic carbocycles. The van der Waals surface area contributed by atoms with Gasteiger partial charge in [-0.1, -0.05) is 13.3 Å². The zero-order chi connectivity index (χ0) is 8.10. The fourth-order valence-corrected chi connectivity index (χ4v) is 1.07. The quantitative estimate of drug-likeness (QED) is 0.421. The zero-order valence-electron chi connectivity index (χ0n) is 7.39. The molecule has 0 aliphatic heterocycles. The average molecular weight is 190 g/mol. The van der Waals surface area contributed by atoms with E-state index in [0.29, 0.717) is 0 Å². The van der Waals surface area contributed by atoms with E-state index >= 15 is 0 Å². The third-order valence-electron chi connectivity index (χ3n) is 1.70. The van der Waals surface area contributed by atoms with Crippen molar-refractivity contribution >= 4 is 5.69 Å². The third kappa shape index (κ3) is 3.62. The summed E-state index contributed by atoms with van der Waals surface area (Å²) in [5, 5.41) is 3.06. The van der Waals surface area contributed by atoms with Gasteiger partial charge < -0.3 is 18.1 Å². The van der Waals surface area contributed by atoms with Crippen LogP contribution in [0, 0.1) is 0 Å². The SMILES string of the molecule is CCCCC[n+]1cc(N)c[nH]1.[Cl-]. The van der Waals surface area contributed by atoms with E-state index < -0.39 is 0 Å². The molecule has 0 saturated carbocycles. The van der Waals surface area contributed by atoms with Crippen LogP contribution >= 0.6 is 0 Å². The maximum atomic E-state index is 5.53. The van der Waals surface area contributed by atoms with Crippen LogP contribution in [-0.4, -0.2) is 5.10 Å². The second-order valence-corrected chi connectivity index (χ2v) is 2.80. The number of nitrogens with zero attached hydrogens (tertiary/aromatic N) is 1. The molecule has 0 unspecified atom stereocenters. The Morgan fingerprint density at radius 1 is 1.50 bits per heavy atom. The molecule has 0 spiro atoms. The molecule has 1 rings (SSSR count). The smallest absolute Gasteiger partial charge is 0.218 e. The predicted octanol–water partition coefficient (Wildman–Crippen LogP) is -1.92. The molecule has 1 heterocycles. The van der Waals surface area contributed by atoms with Crippen LogP contribution in [0.2, 0.25) is 0 Å². The monoisotopic (exact) mass is 189 g/mol. The van der Waals surface area contributed by atoms with E-state index in [1.807, 2.05) is 17.1 Å². The number of aromatic amines is 1. The number of aromatic nitrogens is 2. The highest BCUT2D eigenvalue weighted by molar-refractivity contribution is 5.27. The number of hydrogen-bond donors (Lipinski definition) is 2. The summed E-state index contributed by atoms with van der Waals surface area (Å²) in [5.74, 6) is 0. The van der Waals surface area contributed by atoms with Crippen molar-refractivity contribution in [1.82, 2.24) is 5.10 Å². The van der Waals surface area contributed by atoms with E-state index in [-0.39, 0.29) is 12.4 Å². The Morgan fingerprint density at radius 2 is 2.25 bits per heavy atom. The highest BCUT2D eigenvalue weighted by Crippen LogP contribution is 1.94. The molecule has 3 nitrogen and oxygen atoms in total. The minimum absolute atomic E-state index is 0. The summed E-state index contributed by atoms with van der Waals surface area (Å²) < 4.78 is 2.02. The summed E-state index contributed by atoms with van der Waals surface area (Å²) in [5.41, 5.74) is 6.34. The predicted molar refractivity (Wildman–Crippen MR) is 44.9 cm³/mol. The molecule has 1 aromatic rings. The van der Waals surface area contributed by atoms with E-state index in [1.165, 1.54) is 19.3 Å². The molecule has 0 radical (unpaired) electrons. The van der Waals surface area contributed by atoms with Gasteiger partial charge in [-0.05, 0) is 6.42 Å². The number of hydrogen-bond acceptors (Lipinski definition) is 1. The Hall–Kier alpha value is -0.700. The number of H-pyrrole nitrogens is 1. The lowest BCUT2D eigenvalue weighted by Crippen LogP contribution is -3.00. The van der Waals surface area contributed by atoms with Crippen molar-refractivity contribution in [3.05, 3.63) is 12.4 Å². The molecule has 4 heteroatoms. The molecule has 0 saturated heterocycles. The minimum Gasteiger partial charge on any atom is -1.00 e. The van der Waals surface area contributed by atoms with Gasteiger partial charge in [0.1, 0.15) is 5.69 Å². The first-order chi connectivity index (χ1) is 5.33. The number of nitrogen functional groups attached to an aromatic ring is 1. The molecule has 0 atom stereocenters. The van der Waals surface area contributed by atoms with Crippen LogP contribution in [0.1, 0.15) is 26.2 Å². The number of rotatable bonds is 4. The number of halogens is 1. The van der Waals surface area contributed by atoms with Gasteiger partial charge in [0, 0.05) is 6.42 Å². The van der Waals surface area contributed by atoms with Crippen molar-refractivity contribution in [3.63, 3.8) is 0 Å². The Balaban J connectivity index is 0.00000121. The molecule has 1 aromatic heterocycles. The van der Waals surface area contributed by atoms with Crippen molar-refractivity contribution in [3.8, 4) is 0 Å². The fourth-order valence-electron chi connectivity index (χ4n) is 1.07. The summed E-state index contributed by atoms with van der Waals surface area (Å²) in [4.78, 5) is 0. The van der Waals surface area contributed by atoms with Crippen LogP contribution < -0.4 is 22.8 Å². The Kier molecular flexibility index (Phi) is 5.54. The maximum absolute atomic E-state index is 5.53. The van der Waals surface area contributed by atoms with Gasteiger partial charge in [0.25, 0.3) is 0 Å². The van der Waals surface area contributed by atoms with Crippen molar-refractivity contribution in [2.75, 3.05) is 5.73 Å². The summed E-state index contributed by atoms with van der Waals surface area (Å²) >= 11 is 0. The highest BCUT2D eigenvalue weighted by Gasteiger charge is 2.01. The third-order valence-corrected chi connectivity index (χ3v) is 1.70. The lowest BCUT2D eigenvalue weighted by atomic mass is 10.2. The molecule has 0 aliphatic rings. The Labute approximate surface area is 79.4 Å². The topological polar surface area (TPSA) is 45.7 Å². The van der Waals surface area contributed by atoms with E-state index in [1.54, 1.807) is 0 Å². The summed E-state index contributed by atoms with van der Waals surface area (Å²) in [6.45, 7) is 3.25. The molecule has 3 N–H and O–H groups in total. The molecule has 70 valence electrons. The van der Waals surface area contributed by atoms with Crippen molar-refractivity contribution in [2.45, 2.75) is 32.7 Å². The molecule has 0 bridgehead atoms. The zero-order valence-corrected chi connectivity index (χ0v) is 8.14. The highest BCUT2D eigenvalue weighted by atomic mass is 35.5. The van der Waals surface area contributed by atoms with Gasteiger partial charge in [0.05, 0.1) is 6.20 Å². The van der Waals surface area contributed by atoms with E-state index in [0.717, 1.165) is 12.2 Å². The number of anilines is 1. The van der Waals surface area contributed by atoms with E-state index in [2.05, 4.69) is 12.0 Å². The average Bonchev–Trinajstić information content (AvgIpc) is 2.37. The minimum atomic E-state index is 0. The number of nitrogens with two attached hydrogens (primary N) is 1. The van der Waals surface area contributed by atoms with Crippen molar-refractivity contribution in [2.24, 2.45) is 0 Å². The van der Waals surface area contributed by atoms with Crippen molar-refractivity contribution in [1.29, 1.82) is 0 Å². The van der Waals surface area contributed by atoms with Gasteiger partial charge in [-0.3, -0.25) is 0 Å². The standard InChI is InChI=1S/C8H15N3.ClH/c1-2-3-4-5-11-7-8(9)6-10-11;/h6-7H,2-5,9H2,1H3;1H. The van der Waals surface area contributed by atoms with Gasteiger partial charge in [-0.15, -0.1) is 4.68 Å². The van der Waals surface area contributed by atoms with Gasteiger partial charge in [0.2, 0.25) is 6.20 Å². The van der Waals surface area contributed by atoms with Crippen molar-refractivity contribution < 1.29 is 17.1 Å². The van der Waals surface area contributed by atoms with Crippen LogP contribution in [0.3, 0.4) is 0 Å². The lowest BCUT2D eigenvalue weighted by molar-refractivity contribution is -0.750. The van der Waals surface area contributed by atoms with Gasteiger partial charge in [-0.2, -0.15) is 5.10 Å². The first-order valence-corrected chi connectivity index (χ1v) is 4.16. The molecule has 0 fully saturated rings. The lowest BCUT2D eigenvalue weighted by Gasteiger charge is -1.89. The fraction of sp³-hybridized carbons (Fsp3) is 0.625. The first kappa shape index (κ1) is 11.3. The van der Waals surface area contributed by atoms with E-state index in [9.17, 15) is 0 Å². The normalized spacial score (nSPS) is 9.42. The molecular formula is C8H16ClN3. The van der Waals surface area contributed by atoms with Crippen LogP contribution in [0.25, 0.3) is 0 Å². The number of aryl methyl sites for hydroxylation is 1. The molecule has 12 heavy (non-hydrogen) atoms. The summed E-state index contributed by atoms with van der Waals surface area (Å²) in [7, 11) is 0. The number of nitrogens with one attached hydrogen (secondary N) is 1. The maximum Gasteiger partial charge on any atom is 0.218 e. The second-order valence-electron chi connectivity index (χ2n) is 2.80. The first-order valence-electron chi connectivity index (χ1n) is 4.16. The van der Waals surface area contributed by atoms with Crippen LogP contribution in [0.4, 0.5) is 5.69 Å². The largest absolute Gasteiger partial charge is 1.00 e. The Morgan fingerprint density at radius 3 is 2.75 bits per heavy atom. The summed E-state index contributed by atoms with van der Waals surface area (Å²) in [6.07, 6.45) is 7.51. The molecular weight excluding hydrogens is 174 g/mol. The van der Waals surface area contributed by atoms with Gasteiger partial charge >= 0.3 is 0 Å². The van der Waals surface area contributed by atoms with Crippen LogP contribution in [-0.2, 0) is 6.54 Å². The Bertz CT molecular complexity index is 210. The van der Waals surface area contributed by atoms with Crippen LogP contribution in [0.5, 0.6) is 0 Å². The molecule has 0 aliphatic carbocycles. The van der Waals surface area contributed by atoms with Gasteiger partial charge in [-0.25, -0.2) is 0 Å². The van der Waals surface area contributed by atoms with Gasteiger partial charge in [0.15, 0.2) is 6.54 Å². The molecule has 0 amide bonds. The van der Waals surface area contributed by atoms with Crippen LogP contribution in [0.15, 0.2) is 12.4 Å². The second kappa shape index (κ2) is 5.89. The number of unbranched alkanes of at least 4 members (excludes halogenated alkanes) is 2. The van der Waals surface area contributed by atoms with E-state index in [4.69, 9.17) is 5.73 Å². The summed E-state index contributed by atoms with van der Waals surface area (Å²) in [6, 6.07) is 0.